The van der Waals surface area contributed by atoms with Crippen LogP contribution in [-0.2, 0) is 0 Å². The van der Waals surface area contributed by atoms with Crippen LogP contribution in [0.15, 0.2) is 0 Å². The molecule has 100 valence electrons. The molecule has 0 aromatic carbocycles. The Morgan fingerprint density at radius 2 is 1.76 bits per heavy atom. The molecular formula is C15H30N2. The Labute approximate surface area is 107 Å². The summed E-state index contributed by atoms with van der Waals surface area (Å²) in [5.74, 6) is 0.952. The maximum Gasteiger partial charge on any atom is 0.0249 e. The van der Waals surface area contributed by atoms with E-state index in [0.717, 1.165) is 5.92 Å². The van der Waals surface area contributed by atoms with Crippen LogP contribution >= 0.6 is 0 Å². The van der Waals surface area contributed by atoms with Gasteiger partial charge in [0.25, 0.3) is 0 Å². The average molecular weight is 238 g/mol. The first-order chi connectivity index (χ1) is 8.31. The largest absolute Gasteiger partial charge is 0.326 e. The zero-order chi connectivity index (χ0) is 12.1. The van der Waals surface area contributed by atoms with E-state index in [-0.39, 0.29) is 0 Å². The van der Waals surface area contributed by atoms with Crippen molar-refractivity contribution in [1.29, 1.82) is 0 Å². The molecule has 3 atom stereocenters. The second-order valence-corrected chi connectivity index (χ2v) is 6.15. The summed E-state index contributed by atoms with van der Waals surface area (Å²) in [5, 5.41) is 0. The molecule has 0 aromatic heterocycles. The van der Waals surface area contributed by atoms with E-state index in [1.165, 1.54) is 70.9 Å². The fraction of sp³-hybridized carbons (Fsp3) is 1.00. The molecule has 3 unspecified atom stereocenters. The van der Waals surface area contributed by atoms with E-state index >= 15 is 0 Å². The molecule has 0 aromatic rings. The van der Waals surface area contributed by atoms with E-state index in [9.17, 15) is 0 Å². The van der Waals surface area contributed by atoms with Gasteiger partial charge in [0.1, 0.15) is 0 Å². The van der Waals surface area contributed by atoms with Gasteiger partial charge < -0.3 is 5.73 Å². The minimum atomic E-state index is 0.446. The van der Waals surface area contributed by atoms with Crippen molar-refractivity contribution >= 4 is 0 Å². The van der Waals surface area contributed by atoms with Crippen LogP contribution in [0, 0.1) is 5.92 Å². The van der Waals surface area contributed by atoms with Crippen molar-refractivity contribution in [2.24, 2.45) is 11.7 Å². The molecule has 0 bridgehead atoms. The molecule has 17 heavy (non-hydrogen) atoms. The van der Waals surface area contributed by atoms with Crippen LogP contribution in [0.2, 0.25) is 0 Å². The summed E-state index contributed by atoms with van der Waals surface area (Å²) >= 11 is 0. The maximum atomic E-state index is 6.38. The van der Waals surface area contributed by atoms with Gasteiger partial charge in [-0.1, -0.05) is 32.6 Å². The summed E-state index contributed by atoms with van der Waals surface area (Å²) in [4.78, 5) is 2.72. The fourth-order valence-electron chi connectivity index (χ4n) is 3.77. The van der Waals surface area contributed by atoms with E-state index in [2.05, 4.69) is 11.8 Å². The van der Waals surface area contributed by atoms with Gasteiger partial charge in [-0.25, -0.2) is 0 Å². The second-order valence-electron chi connectivity index (χ2n) is 6.15. The molecule has 2 aliphatic rings. The molecule has 2 heteroatoms. The molecule has 1 aliphatic heterocycles. The van der Waals surface area contributed by atoms with Gasteiger partial charge in [-0.3, -0.25) is 4.90 Å². The van der Waals surface area contributed by atoms with Crippen LogP contribution < -0.4 is 5.73 Å². The lowest BCUT2D eigenvalue weighted by molar-refractivity contribution is 0.112. The Balaban J connectivity index is 1.91. The highest BCUT2D eigenvalue weighted by Crippen LogP contribution is 2.31. The average Bonchev–Trinajstić information content (AvgIpc) is 2.60. The first-order valence-electron chi connectivity index (χ1n) is 7.81. The van der Waals surface area contributed by atoms with Crippen LogP contribution in [0.25, 0.3) is 0 Å². The van der Waals surface area contributed by atoms with Gasteiger partial charge in [-0.05, 0) is 51.1 Å². The van der Waals surface area contributed by atoms with Gasteiger partial charge in [-0.15, -0.1) is 0 Å². The second kappa shape index (κ2) is 6.75. The summed E-state index contributed by atoms with van der Waals surface area (Å²) in [6, 6.07) is 1.14. The standard InChI is InChI=1S/C15H30N2/c1-2-7-13-8-9-14(16)15(12-13)17-10-5-3-4-6-11-17/h13-15H,2-12,16H2,1H3. The van der Waals surface area contributed by atoms with E-state index < -0.39 is 0 Å². The smallest absolute Gasteiger partial charge is 0.0249 e. The summed E-state index contributed by atoms with van der Waals surface area (Å²) in [6.07, 6.45) is 12.4. The van der Waals surface area contributed by atoms with Crippen molar-refractivity contribution < 1.29 is 0 Å². The first kappa shape index (κ1) is 13.4. The Kier molecular flexibility index (Phi) is 5.30. The van der Waals surface area contributed by atoms with E-state index in [4.69, 9.17) is 5.73 Å². The predicted octanol–water partition coefficient (Wildman–Crippen LogP) is 3.16. The number of nitrogens with two attached hydrogens (primary N) is 1. The molecular weight excluding hydrogens is 208 g/mol. The lowest BCUT2D eigenvalue weighted by atomic mass is 9.80. The normalized spacial score (nSPS) is 36.7. The van der Waals surface area contributed by atoms with E-state index in [1.807, 2.05) is 0 Å². The minimum absolute atomic E-state index is 0.446. The molecule has 1 aliphatic carbocycles. The third kappa shape index (κ3) is 3.69. The highest BCUT2D eigenvalue weighted by Gasteiger charge is 2.31. The van der Waals surface area contributed by atoms with Crippen molar-refractivity contribution in [1.82, 2.24) is 4.90 Å². The highest BCUT2D eigenvalue weighted by atomic mass is 15.2. The van der Waals surface area contributed by atoms with Crippen LogP contribution in [0.5, 0.6) is 0 Å². The Morgan fingerprint density at radius 1 is 1.06 bits per heavy atom. The van der Waals surface area contributed by atoms with Crippen LogP contribution in [0.3, 0.4) is 0 Å². The number of rotatable bonds is 3. The van der Waals surface area contributed by atoms with Crippen molar-refractivity contribution in [2.75, 3.05) is 13.1 Å². The van der Waals surface area contributed by atoms with Gasteiger partial charge in [0.05, 0.1) is 0 Å². The molecule has 1 saturated heterocycles. The fourth-order valence-corrected chi connectivity index (χ4v) is 3.77. The number of hydrogen-bond acceptors (Lipinski definition) is 2. The van der Waals surface area contributed by atoms with Crippen molar-refractivity contribution in [3.63, 3.8) is 0 Å². The molecule has 2 fully saturated rings. The molecule has 2 N–H and O–H groups in total. The van der Waals surface area contributed by atoms with Gasteiger partial charge in [0.15, 0.2) is 0 Å². The van der Waals surface area contributed by atoms with Crippen LogP contribution in [0.4, 0.5) is 0 Å². The maximum absolute atomic E-state index is 6.38. The van der Waals surface area contributed by atoms with Crippen molar-refractivity contribution in [3.8, 4) is 0 Å². The van der Waals surface area contributed by atoms with E-state index in [0.29, 0.717) is 12.1 Å². The quantitative estimate of drug-likeness (QED) is 0.818. The molecule has 1 heterocycles. The minimum Gasteiger partial charge on any atom is -0.326 e. The summed E-state index contributed by atoms with van der Waals surface area (Å²) in [7, 11) is 0. The van der Waals surface area contributed by atoms with Gasteiger partial charge >= 0.3 is 0 Å². The van der Waals surface area contributed by atoms with Crippen molar-refractivity contribution in [3.05, 3.63) is 0 Å². The van der Waals surface area contributed by atoms with Crippen molar-refractivity contribution in [2.45, 2.75) is 76.8 Å². The lowest BCUT2D eigenvalue weighted by Crippen LogP contribution is -2.51. The zero-order valence-corrected chi connectivity index (χ0v) is 11.5. The SMILES string of the molecule is CCCC1CCC(N)C(N2CCCCCC2)C1. The molecule has 2 rings (SSSR count). The summed E-state index contributed by atoms with van der Waals surface area (Å²) < 4.78 is 0. The van der Waals surface area contributed by atoms with Gasteiger partial charge in [-0.2, -0.15) is 0 Å². The molecule has 0 amide bonds. The first-order valence-corrected chi connectivity index (χ1v) is 7.81. The van der Waals surface area contributed by atoms with Crippen LogP contribution in [0.1, 0.15) is 64.7 Å². The zero-order valence-electron chi connectivity index (χ0n) is 11.5. The van der Waals surface area contributed by atoms with Gasteiger partial charge in [0.2, 0.25) is 0 Å². The number of hydrogen-bond donors (Lipinski definition) is 1. The number of likely N-dealkylation sites (tertiary alicyclic amines) is 1. The van der Waals surface area contributed by atoms with E-state index in [1.54, 1.807) is 0 Å². The molecule has 2 nitrogen and oxygen atoms in total. The molecule has 0 radical (unpaired) electrons. The highest BCUT2D eigenvalue weighted by molar-refractivity contribution is 4.89. The Morgan fingerprint density at radius 3 is 2.41 bits per heavy atom. The predicted molar refractivity (Wildman–Crippen MR) is 74.1 cm³/mol. The summed E-state index contributed by atoms with van der Waals surface area (Å²) in [6.45, 7) is 4.92. The Hall–Kier alpha value is -0.0800. The monoisotopic (exact) mass is 238 g/mol. The number of nitrogens with zero attached hydrogens (tertiary/aromatic N) is 1. The third-order valence-electron chi connectivity index (χ3n) is 4.78. The van der Waals surface area contributed by atoms with Crippen LogP contribution in [-0.4, -0.2) is 30.1 Å². The topological polar surface area (TPSA) is 29.3 Å². The van der Waals surface area contributed by atoms with Gasteiger partial charge in [0, 0.05) is 12.1 Å². The Bertz CT molecular complexity index is 209. The molecule has 0 spiro atoms. The summed E-state index contributed by atoms with van der Waals surface area (Å²) in [5.41, 5.74) is 6.38. The lowest BCUT2D eigenvalue weighted by Gasteiger charge is -2.41. The molecule has 1 saturated carbocycles. The third-order valence-corrected chi connectivity index (χ3v) is 4.78.